The molecule has 0 aliphatic rings. The lowest BCUT2D eigenvalue weighted by atomic mass is 10.0. The van der Waals surface area contributed by atoms with Gasteiger partial charge in [-0.1, -0.05) is 35.9 Å². The summed E-state index contributed by atoms with van der Waals surface area (Å²) in [6.07, 6.45) is 0.944. The normalized spacial score (nSPS) is 12.4. The summed E-state index contributed by atoms with van der Waals surface area (Å²) in [5, 5.41) is 0. The number of hydrogen-bond acceptors (Lipinski definition) is 2. The molecule has 2 aromatic rings. The Balaban J connectivity index is 1.89. The minimum absolute atomic E-state index is 0.197. The van der Waals surface area contributed by atoms with E-state index in [4.69, 9.17) is 5.73 Å². The van der Waals surface area contributed by atoms with E-state index in [2.05, 4.69) is 63.2 Å². The van der Waals surface area contributed by atoms with Gasteiger partial charge in [0.1, 0.15) is 0 Å². The van der Waals surface area contributed by atoms with Gasteiger partial charge in [-0.3, -0.25) is 0 Å². The van der Waals surface area contributed by atoms with Crippen LogP contribution in [-0.2, 0) is 6.42 Å². The van der Waals surface area contributed by atoms with Gasteiger partial charge >= 0.3 is 0 Å². The molecular weight excluding hydrogens is 262 g/mol. The highest BCUT2D eigenvalue weighted by atomic mass is 32.2. The fraction of sp³-hybridized carbons (Fsp3) is 0.333. The third kappa shape index (κ3) is 4.39. The summed E-state index contributed by atoms with van der Waals surface area (Å²) in [5.41, 5.74) is 11.6. The first-order valence-corrected chi connectivity index (χ1v) is 8.04. The van der Waals surface area contributed by atoms with Crippen LogP contribution in [0.2, 0.25) is 0 Å². The first-order chi connectivity index (χ1) is 9.54. The Hall–Kier alpha value is -1.25. The van der Waals surface area contributed by atoms with Gasteiger partial charge in [0.25, 0.3) is 0 Å². The smallest absolute Gasteiger partial charge is 0.0174 e. The van der Waals surface area contributed by atoms with Crippen molar-refractivity contribution in [2.24, 2.45) is 5.73 Å². The Morgan fingerprint density at radius 1 is 1.00 bits per heavy atom. The lowest BCUT2D eigenvalue weighted by Gasteiger charge is -2.13. The molecular formula is C18H23NS. The van der Waals surface area contributed by atoms with Gasteiger partial charge in [-0.05, 0) is 56.0 Å². The molecule has 0 amide bonds. The van der Waals surface area contributed by atoms with E-state index >= 15 is 0 Å². The molecule has 0 saturated carbocycles. The summed E-state index contributed by atoms with van der Waals surface area (Å²) >= 11 is 1.84. The molecule has 0 aliphatic heterocycles. The predicted molar refractivity (Wildman–Crippen MR) is 89.5 cm³/mol. The molecule has 1 unspecified atom stereocenters. The molecule has 0 saturated heterocycles. The average Bonchev–Trinajstić information content (AvgIpc) is 2.41. The van der Waals surface area contributed by atoms with Crippen LogP contribution in [0.25, 0.3) is 0 Å². The van der Waals surface area contributed by atoms with Gasteiger partial charge in [-0.25, -0.2) is 0 Å². The van der Waals surface area contributed by atoms with E-state index in [0.29, 0.717) is 0 Å². The van der Waals surface area contributed by atoms with Crippen LogP contribution in [0.15, 0.2) is 47.4 Å². The van der Waals surface area contributed by atoms with Crippen LogP contribution in [0.3, 0.4) is 0 Å². The molecule has 2 heteroatoms. The quantitative estimate of drug-likeness (QED) is 0.830. The first-order valence-electron chi connectivity index (χ1n) is 7.06. The summed E-state index contributed by atoms with van der Waals surface area (Å²) in [6.45, 7) is 6.43. The van der Waals surface area contributed by atoms with E-state index in [1.165, 1.54) is 27.1 Å². The van der Waals surface area contributed by atoms with E-state index in [1.807, 2.05) is 11.8 Å². The largest absolute Gasteiger partial charge is 0.327 e. The molecule has 0 heterocycles. The van der Waals surface area contributed by atoms with E-state index in [1.54, 1.807) is 0 Å². The summed E-state index contributed by atoms with van der Waals surface area (Å²) in [7, 11) is 0. The van der Waals surface area contributed by atoms with Crippen LogP contribution in [0, 0.1) is 20.8 Å². The predicted octanol–water partition coefficient (Wildman–Crippen LogP) is 4.27. The SMILES string of the molecule is Cc1cccc(SCC(N)Cc2ccc(C)c(C)c2)c1. The van der Waals surface area contributed by atoms with Crippen molar-refractivity contribution < 1.29 is 0 Å². The number of benzene rings is 2. The van der Waals surface area contributed by atoms with Gasteiger partial charge in [0.15, 0.2) is 0 Å². The Morgan fingerprint density at radius 3 is 2.50 bits per heavy atom. The molecule has 0 aliphatic carbocycles. The van der Waals surface area contributed by atoms with Gasteiger partial charge < -0.3 is 5.73 Å². The fourth-order valence-corrected chi connectivity index (χ4v) is 3.17. The van der Waals surface area contributed by atoms with E-state index in [0.717, 1.165) is 12.2 Å². The Kier molecular flexibility index (Phi) is 5.27. The summed E-state index contributed by atoms with van der Waals surface area (Å²) in [6, 6.07) is 15.4. The van der Waals surface area contributed by atoms with Crippen LogP contribution in [0.1, 0.15) is 22.3 Å². The van der Waals surface area contributed by atoms with E-state index in [-0.39, 0.29) is 6.04 Å². The lowest BCUT2D eigenvalue weighted by molar-refractivity contribution is 0.748. The van der Waals surface area contributed by atoms with Crippen molar-refractivity contribution in [1.82, 2.24) is 0 Å². The van der Waals surface area contributed by atoms with Crippen molar-refractivity contribution in [3.63, 3.8) is 0 Å². The molecule has 20 heavy (non-hydrogen) atoms. The second-order valence-corrected chi connectivity index (χ2v) is 6.60. The molecule has 1 nitrogen and oxygen atoms in total. The number of nitrogens with two attached hydrogens (primary N) is 1. The molecule has 2 rings (SSSR count). The second-order valence-electron chi connectivity index (χ2n) is 5.51. The van der Waals surface area contributed by atoms with Crippen LogP contribution in [0.5, 0.6) is 0 Å². The highest BCUT2D eigenvalue weighted by Gasteiger charge is 2.06. The molecule has 106 valence electrons. The van der Waals surface area contributed by atoms with Gasteiger partial charge in [0, 0.05) is 16.7 Å². The monoisotopic (exact) mass is 285 g/mol. The zero-order valence-electron chi connectivity index (χ0n) is 12.5. The fourth-order valence-electron chi connectivity index (χ4n) is 2.20. The molecule has 0 aromatic heterocycles. The molecule has 0 bridgehead atoms. The van der Waals surface area contributed by atoms with Crippen molar-refractivity contribution >= 4 is 11.8 Å². The number of aryl methyl sites for hydroxylation is 3. The standard InChI is InChI=1S/C18H23NS/c1-13-5-4-6-18(9-13)20-12-17(19)11-16-8-7-14(2)15(3)10-16/h4-10,17H,11-12,19H2,1-3H3. The van der Waals surface area contributed by atoms with Gasteiger partial charge in [-0.2, -0.15) is 0 Å². The molecule has 1 atom stereocenters. The summed E-state index contributed by atoms with van der Waals surface area (Å²) in [4.78, 5) is 1.31. The van der Waals surface area contributed by atoms with Crippen molar-refractivity contribution in [2.75, 3.05) is 5.75 Å². The third-order valence-corrected chi connectivity index (χ3v) is 4.70. The molecule has 0 spiro atoms. The van der Waals surface area contributed by atoms with Crippen molar-refractivity contribution in [2.45, 2.75) is 38.1 Å². The van der Waals surface area contributed by atoms with Crippen LogP contribution in [0.4, 0.5) is 0 Å². The molecule has 2 N–H and O–H groups in total. The van der Waals surface area contributed by atoms with Crippen LogP contribution < -0.4 is 5.73 Å². The van der Waals surface area contributed by atoms with Crippen molar-refractivity contribution in [3.8, 4) is 0 Å². The van der Waals surface area contributed by atoms with E-state index < -0.39 is 0 Å². The van der Waals surface area contributed by atoms with Crippen LogP contribution >= 0.6 is 11.8 Å². The number of rotatable bonds is 5. The molecule has 0 radical (unpaired) electrons. The number of thioether (sulfide) groups is 1. The van der Waals surface area contributed by atoms with Gasteiger partial charge in [-0.15, -0.1) is 11.8 Å². The molecule has 2 aromatic carbocycles. The van der Waals surface area contributed by atoms with Crippen molar-refractivity contribution in [3.05, 3.63) is 64.7 Å². The zero-order chi connectivity index (χ0) is 14.5. The van der Waals surface area contributed by atoms with Gasteiger partial charge in [0.05, 0.1) is 0 Å². The maximum absolute atomic E-state index is 6.26. The Morgan fingerprint density at radius 2 is 1.80 bits per heavy atom. The first kappa shape index (κ1) is 15.1. The Bertz CT molecular complexity index is 577. The maximum atomic E-state index is 6.26. The highest BCUT2D eigenvalue weighted by Crippen LogP contribution is 2.20. The highest BCUT2D eigenvalue weighted by molar-refractivity contribution is 7.99. The topological polar surface area (TPSA) is 26.0 Å². The van der Waals surface area contributed by atoms with Crippen LogP contribution in [-0.4, -0.2) is 11.8 Å². The second kappa shape index (κ2) is 6.96. The molecule has 0 fully saturated rings. The van der Waals surface area contributed by atoms with Crippen molar-refractivity contribution in [1.29, 1.82) is 0 Å². The zero-order valence-corrected chi connectivity index (χ0v) is 13.3. The minimum atomic E-state index is 0.197. The summed E-state index contributed by atoms with van der Waals surface area (Å²) in [5.74, 6) is 0.955. The summed E-state index contributed by atoms with van der Waals surface area (Å²) < 4.78 is 0. The van der Waals surface area contributed by atoms with E-state index in [9.17, 15) is 0 Å². The third-order valence-electron chi connectivity index (χ3n) is 3.52. The lowest BCUT2D eigenvalue weighted by Crippen LogP contribution is -2.25. The Labute approximate surface area is 126 Å². The van der Waals surface area contributed by atoms with Gasteiger partial charge in [0.2, 0.25) is 0 Å². The maximum Gasteiger partial charge on any atom is 0.0174 e. The average molecular weight is 285 g/mol. The minimum Gasteiger partial charge on any atom is -0.327 e. The number of hydrogen-bond donors (Lipinski definition) is 1.